The van der Waals surface area contributed by atoms with Gasteiger partial charge < -0.3 is 9.84 Å². The van der Waals surface area contributed by atoms with Crippen molar-refractivity contribution in [2.24, 2.45) is 0 Å². The van der Waals surface area contributed by atoms with Crippen LogP contribution < -0.4 is 4.74 Å². The molecular weight excluding hydrogens is 262 g/mol. The fourth-order valence-corrected chi connectivity index (χ4v) is 2.85. The molecule has 2 rings (SSSR count). The van der Waals surface area contributed by atoms with Gasteiger partial charge in [-0.15, -0.1) is 13.2 Å². The summed E-state index contributed by atoms with van der Waals surface area (Å²) < 4.78 is 5.84. The first-order valence-corrected chi connectivity index (χ1v) is 7.60. The van der Waals surface area contributed by atoms with Crippen LogP contribution in [0.25, 0.3) is 0 Å². The summed E-state index contributed by atoms with van der Waals surface area (Å²) in [6, 6.07) is 6.21. The second kappa shape index (κ2) is 8.01. The van der Waals surface area contributed by atoms with Gasteiger partial charge in [0.2, 0.25) is 0 Å². The van der Waals surface area contributed by atoms with Crippen LogP contribution in [0.4, 0.5) is 0 Å². The Morgan fingerprint density at radius 3 is 2.71 bits per heavy atom. The largest absolute Gasteiger partial charge is 0.491 e. The summed E-state index contributed by atoms with van der Waals surface area (Å²) >= 11 is 0. The van der Waals surface area contributed by atoms with E-state index in [1.165, 1.54) is 17.5 Å². The molecule has 0 unspecified atom stereocenters. The lowest BCUT2D eigenvalue weighted by molar-refractivity contribution is 0.0751. The molecule has 3 nitrogen and oxygen atoms in total. The van der Waals surface area contributed by atoms with E-state index in [1.807, 2.05) is 24.3 Å². The number of rotatable bonds is 9. The van der Waals surface area contributed by atoms with Crippen LogP contribution in [0.1, 0.15) is 17.5 Å². The molecule has 0 spiro atoms. The van der Waals surface area contributed by atoms with Gasteiger partial charge >= 0.3 is 0 Å². The summed E-state index contributed by atoms with van der Waals surface area (Å²) in [6.45, 7) is 9.83. The summed E-state index contributed by atoms with van der Waals surface area (Å²) in [5.41, 5.74) is 2.71. The van der Waals surface area contributed by atoms with Gasteiger partial charge in [-0.3, -0.25) is 4.90 Å². The van der Waals surface area contributed by atoms with Crippen LogP contribution in [0.2, 0.25) is 0 Å². The summed E-state index contributed by atoms with van der Waals surface area (Å²) in [5, 5.41) is 10.1. The van der Waals surface area contributed by atoms with Crippen LogP contribution in [0.15, 0.2) is 43.5 Å². The van der Waals surface area contributed by atoms with E-state index in [9.17, 15) is 5.11 Å². The first-order valence-electron chi connectivity index (χ1n) is 7.60. The van der Waals surface area contributed by atoms with Crippen molar-refractivity contribution in [2.75, 3.05) is 26.2 Å². The van der Waals surface area contributed by atoms with E-state index in [0.717, 1.165) is 31.7 Å². The summed E-state index contributed by atoms with van der Waals surface area (Å²) in [7, 11) is 0. The third-order valence-corrected chi connectivity index (χ3v) is 3.78. The highest BCUT2D eigenvalue weighted by atomic mass is 16.5. The molecule has 1 aliphatic rings. The quantitative estimate of drug-likeness (QED) is 0.709. The van der Waals surface area contributed by atoms with Crippen LogP contribution in [0.3, 0.4) is 0 Å². The van der Waals surface area contributed by atoms with Crippen molar-refractivity contribution < 1.29 is 9.84 Å². The zero-order valence-corrected chi connectivity index (χ0v) is 12.6. The molecule has 0 amide bonds. The summed E-state index contributed by atoms with van der Waals surface area (Å²) in [5.74, 6) is 0.933. The van der Waals surface area contributed by atoms with Gasteiger partial charge in [0.05, 0.1) is 0 Å². The highest BCUT2D eigenvalue weighted by Gasteiger charge is 2.16. The lowest BCUT2D eigenvalue weighted by Gasteiger charge is -2.22. The minimum atomic E-state index is -0.512. The van der Waals surface area contributed by atoms with Gasteiger partial charge in [-0.25, -0.2) is 0 Å². The van der Waals surface area contributed by atoms with Crippen molar-refractivity contribution in [1.82, 2.24) is 4.90 Å². The SMILES string of the molecule is C=CCN(CC=C)C[C@H](O)COc1cccc2c1CCC2. The number of hydrogen-bond acceptors (Lipinski definition) is 3. The Hall–Kier alpha value is -1.58. The molecule has 21 heavy (non-hydrogen) atoms. The maximum Gasteiger partial charge on any atom is 0.122 e. The van der Waals surface area contributed by atoms with Crippen LogP contribution in [-0.2, 0) is 12.8 Å². The standard InChI is InChI=1S/C18H25NO2/c1-3-11-19(12-4-2)13-16(20)14-21-18-10-6-8-15-7-5-9-17(15)18/h3-4,6,8,10,16,20H,1-2,5,7,9,11-14H2/t16-/m0/s1. The molecule has 0 saturated carbocycles. The second-order valence-corrected chi connectivity index (χ2v) is 5.51. The highest BCUT2D eigenvalue weighted by molar-refractivity contribution is 5.43. The predicted octanol–water partition coefficient (Wildman–Crippen LogP) is 2.59. The fourth-order valence-electron chi connectivity index (χ4n) is 2.85. The van der Waals surface area contributed by atoms with E-state index in [2.05, 4.69) is 24.1 Å². The molecule has 0 fully saturated rings. The number of aryl methyl sites for hydroxylation is 1. The lowest BCUT2D eigenvalue weighted by atomic mass is 10.1. The molecule has 1 aromatic carbocycles. The number of fused-ring (bicyclic) bond motifs is 1. The average Bonchev–Trinajstić information content (AvgIpc) is 2.94. The number of aliphatic hydroxyl groups excluding tert-OH is 1. The van der Waals surface area contributed by atoms with Crippen molar-refractivity contribution >= 4 is 0 Å². The molecule has 1 N–H and O–H groups in total. The van der Waals surface area contributed by atoms with Crippen LogP contribution in [0.5, 0.6) is 5.75 Å². The molecule has 3 heteroatoms. The van der Waals surface area contributed by atoms with Crippen molar-refractivity contribution in [3.8, 4) is 5.75 Å². The molecular formula is C18H25NO2. The highest BCUT2D eigenvalue weighted by Crippen LogP contribution is 2.30. The Morgan fingerprint density at radius 1 is 1.24 bits per heavy atom. The number of hydrogen-bond donors (Lipinski definition) is 1. The number of ether oxygens (including phenoxy) is 1. The van der Waals surface area contributed by atoms with Gasteiger partial charge in [-0.05, 0) is 36.5 Å². The van der Waals surface area contributed by atoms with Crippen molar-refractivity contribution in [3.63, 3.8) is 0 Å². The summed E-state index contributed by atoms with van der Waals surface area (Å²) in [4.78, 5) is 2.09. The van der Waals surface area contributed by atoms with Gasteiger partial charge in [0.15, 0.2) is 0 Å². The molecule has 1 aromatic rings. The average molecular weight is 287 g/mol. The number of benzene rings is 1. The molecule has 0 aliphatic heterocycles. The Labute approximate surface area is 127 Å². The normalized spacial score (nSPS) is 14.8. The Bertz CT molecular complexity index is 474. The van der Waals surface area contributed by atoms with Crippen molar-refractivity contribution in [2.45, 2.75) is 25.4 Å². The monoisotopic (exact) mass is 287 g/mol. The van der Waals surface area contributed by atoms with E-state index in [1.54, 1.807) is 0 Å². The minimum absolute atomic E-state index is 0.321. The van der Waals surface area contributed by atoms with Gasteiger partial charge in [0.25, 0.3) is 0 Å². The molecule has 0 radical (unpaired) electrons. The first kappa shape index (κ1) is 15.8. The van der Waals surface area contributed by atoms with E-state index in [0.29, 0.717) is 13.2 Å². The van der Waals surface area contributed by atoms with Crippen molar-refractivity contribution in [3.05, 3.63) is 54.6 Å². The number of aliphatic hydroxyl groups is 1. The third kappa shape index (κ3) is 4.45. The maximum atomic E-state index is 10.1. The molecule has 114 valence electrons. The zero-order chi connectivity index (χ0) is 15.1. The van der Waals surface area contributed by atoms with Gasteiger partial charge in [-0.1, -0.05) is 24.3 Å². The lowest BCUT2D eigenvalue weighted by Crippen LogP contribution is -2.36. The van der Waals surface area contributed by atoms with Crippen LogP contribution >= 0.6 is 0 Å². The zero-order valence-electron chi connectivity index (χ0n) is 12.6. The summed E-state index contributed by atoms with van der Waals surface area (Å²) in [6.07, 6.45) is 6.58. The second-order valence-electron chi connectivity index (χ2n) is 5.51. The number of nitrogens with zero attached hydrogens (tertiary/aromatic N) is 1. The smallest absolute Gasteiger partial charge is 0.122 e. The first-order chi connectivity index (χ1) is 10.2. The predicted molar refractivity (Wildman–Crippen MR) is 86.8 cm³/mol. The molecule has 0 aromatic heterocycles. The molecule has 1 atom stereocenters. The van der Waals surface area contributed by atoms with E-state index in [4.69, 9.17) is 4.74 Å². The van der Waals surface area contributed by atoms with E-state index < -0.39 is 6.10 Å². The van der Waals surface area contributed by atoms with Crippen molar-refractivity contribution in [1.29, 1.82) is 0 Å². The molecule has 0 heterocycles. The van der Waals surface area contributed by atoms with E-state index in [-0.39, 0.29) is 0 Å². The van der Waals surface area contributed by atoms with E-state index >= 15 is 0 Å². The Kier molecular flexibility index (Phi) is 6.03. The fraction of sp³-hybridized carbons (Fsp3) is 0.444. The van der Waals surface area contributed by atoms with Gasteiger partial charge in [0.1, 0.15) is 18.5 Å². The van der Waals surface area contributed by atoms with Crippen LogP contribution in [-0.4, -0.2) is 42.4 Å². The van der Waals surface area contributed by atoms with Gasteiger partial charge in [0, 0.05) is 19.6 Å². The van der Waals surface area contributed by atoms with Crippen LogP contribution in [0, 0.1) is 0 Å². The van der Waals surface area contributed by atoms with Gasteiger partial charge in [-0.2, -0.15) is 0 Å². The third-order valence-electron chi connectivity index (χ3n) is 3.78. The Balaban J connectivity index is 1.86. The topological polar surface area (TPSA) is 32.7 Å². The molecule has 0 saturated heterocycles. The Morgan fingerprint density at radius 2 is 2.00 bits per heavy atom. The molecule has 1 aliphatic carbocycles. The maximum absolute atomic E-state index is 10.1. The molecule has 0 bridgehead atoms. The minimum Gasteiger partial charge on any atom is -0.491 e.